The lowest BCUT2D eigenvalue weighted by atomic mass is 9.90. The van der Waals surface area contributed by atoms with Gasteiger partial charge in [0, 0.05) is 5.56 Å². The highest BCUT2D eigenvalue weighted by molar-refractivity contribution is 6.51. The second kappa shape index (κ2) is 10.8. The number of ketones is 1. The SMILES string of the molecule is C=O.C=O.CC.CC1=CC(=N)C(=O)c2ccccc21. The molecule has 0 heterocycles. The van der Waals surface area contributed by atoms with E-state index in [4.69, 9.17) is 15.0 Å². The molecule has 0 radical (unpaired) electrons. The first-order valence-corrected chi connectivity index (χ1v) is 5.69. The van der Waals surface area contributed by atoms with Gasteiger partial charge in [0.25, 0.3) is 0 Å². The highest BCUT2D eigenvalue weighted by Crippen LogP contribution is 2.23. The van der Waals surface area contributed by atoms with Crippen LogP contribution in [-0.4, -0.2) is 25.1 Å². The molecule has 0 saturated heterocycles. The van der Waals surface area contributed by atoms with Gasteiger partial charge < -0.3 is 9.59 Å². The van der Waals surface area contributed by atoms with E-state index in [1.807, 2.05) is 52.5 Å². The van der Waals surface area contributed by atoms with Gasteiger partial charge in [0.1, 0.15) is 19.3 Å². The summed E-state index contributed by atoms with van der Waals surface area (Å²) >= 11 is 0. The molecule has 2 rings (SSSR count). The van der Waals surface area contributed by atoms with Crippen LogP contribution < -0.4 is 0 Å². The zero-order valence-electron chi connectivity index (χ0n) is 11.5. The number of hydrogen-bond donors (Lipinski definition) is 1. The Hall–Kier alpha value is -2.36. The number of allylic oxidation sites excluding steroid dienone is 2. The molecule has 102 valence electrons. The van der Waals surface area contributed by atoms with E-state index in [2.05, 4.69) is 0 Å². The molecule has 4 nitrogen and oxygen atoms in total. The van der Waals surface area contributed by atoms with Crippen LogP contribution in [0.1, 0.15) is 36.7 Å². The second-order valence-corrected chi connectivity index (χ2v) is 3.12. The van der Waals surface area contributed by atoms with Gasteiger partial charge in [0.05, 0.1) is 0 Å². The number of benzene rings is 1. The maximum absolute atomic E-state index is 11.5. The Morgan fingerprint density at radius 3 is 1.84 bits per heavy atom. The van der Waals surface area contributed by atoms with Gasteiger partial charge in [-0.15, -0.1) is 0 Å². The van der Waals surface area contributed by atoms with Gasteiger partial charge in [-0.2, -0.15) is 0 Å². The van der Waals surface area contributed by atoms with E-state index >= 15 is 0 Å². The Morgan fingerprint density at radius 1 is 0.947 bits per heavy atom. The Balaban J connectivity index is 0. The maximum atomic E-state index is 11.5. The number of rotatable bonds is 0. The lowest BCUT2D eigenvalue weighted by molar-refractivity contribution is -0.0987. The molecule has 0 spiro atoms. The number of carbonyl (C=O) groups is 3. The van der Waals surface area contributed by atoms with Crippen molar-refractivity contribution < 1.29 is 14.4 Å². The van der Waals surface area contributed by atoms with Crippen LogP contribution in [0, 0.1) is 5.41 Å². The summed E-state index contributed by atoms with van der Waals surface area (Å²) in [6.45, 7) is 9.92. The van der Waals surface area contributed by atoms with Crippen LogP contribution in [0.15, 0.2) is 30.3 Å². The second-order valence-electron chi connectivity index (χ2n) is 3.12. The minimum Gasteiger partial charge on any atom is -0.307 e. The standard InChI is InChI=1S/C11H9NO.C2H6.2CH2O/c1-7-6-10(12)11(13)9-5-3-2-4-8(7)9;3*1-2/h2-6,12H,1H3;1-2H3;2*1H2. The van der Waals surface area contributed by atoms with Crippen molar-refractivity contribution in [3.05, 3.63) is 41.5 Å². The van der Waals surface area contributed by atoms with E-state index in [1.165, 1.54) is 0 Å². The van der Waals surface area contributed by atoms with Gasteiger partial charge in [-0.3, -0.25) is 10.2 Å². The Morgan fingerprint density at radius 2 is 1.37 bits per heavy atom. The van der Waals surface area contributed by atoms with Crippen molar-refractivity contribution in [3.63, 3.8) is 0 Å². The van der Waals surface area contributed by atoms with Crippen molar-refractivity contribution in [1.29, 1.82) is 5.41 Å². The number of Topliss-reactive ketones (excluding diaryl/α,β-unsaturated/α-hetero) is 1. The number of fused-ring (bicyclic) bond motifs is 1. The van der Waals surface area contributed by atoms with Crippen molar-refractivity contribution in [2.24, 2.45) is 0 Å². The topological polar surface area (TPSA) is 75.1 Å². The molecule has 0 fully saturated rings. The summed E-state index contributed by atoms with van der Waals surface area (Å²) in [5.74, 6) is -0.179. The van der Waals surface area contributed by atoms with Gasteiger partial charge in [-0.05, 0) is 24.1 Å². The summed E-state index contributed by atoms with van der Waals surface area (Å²) in [5.41, 5.74) is 2.66. The van der Waals surface area contributed by atoms with Gasteiger partial charge in [0.2, 0.25) is 5.78 Å². The molecule has 1 aliphatic carbocycles. The van der Waals surface area contributed by atoms with Gasteiger partial charge in [-0.25, -0.2) is 0 Å². The van der Waals surface area contributed by atoms with Crippen molar-refractivity contribution in [3.8, 4) is 0 Å². The van der Waals surface area contributed by atoms with Crippen molar-refractivity contribution in [2.45, 2.75) is 20.8 Å². The fraction of sp³-hybridized carbons (Fsp3) is 0.200. The molecule has 1 aromatic rings. The minimum absolute atomic E-state index is 0.0798. The third-order valence-corrected chi connectivity index (χ3v) is 2.20. The van der Waals surface area contributed by atoms with Crippen LogP contribution in [0.4, 0.5) is 0 Å². The number of carbonyl (C=O) groups excluding carboxylic acids is 3. The van der Waals surface area contributed by atoms with Gasteiger partial charge in [-0.1, -0.05) is 38.1 Å². The largest absolute Gasteiger partial charge is 0.307 e. The van der Waals surface area contributed by atoms with Crippen LogP contribution >= 0.6 is 0 Å². The van der Waals surface area contributed by atoms with Crippen molar-refractivity contribution in [2.75, 3.05) is 0 Å². The molecule has 0 atom stereocenters. The Bertz CT molecular complexity index is 462. The zero-order valence-corrected chi connectivity index (χ0v) is 11.5. The average molecular weight is 261 g/mol. The Labute approximate surface area is 113 Å². The lowest BCUT2D eigenvalue weighted by Gasteiger charge is -2.13. The number of nitrogens with one attached hydrogen (secondary N) is 1. The molecule has 0 aromatic heterocycles. The number of hydrogen-bond acceptors (Lipinski definition) is 4. The summed E-state index contributed by atoms with van der Waals surface area (Å²) in [6, 6.07) is 7.40. The molecule has 0 saturated carbocycles. The molecule has 4 heteroatoms. The van der Waals surface area contributed by atoms with E-state index in [-0.39, 0.29) is 11.5 Å². The van der Waals surface area contributed by atoms with E-state index < -0.39 is 0 Å². The quantitative estimate of drug-likeness (QED) is 0.780. The normalized spacial score (nSPS) is 11.2. The molecule has 0 aliphatic heterocycles. The first-order valence-electron chi connectivity index (χ1n) is 5.69. The zero-order chi connectivity index (χ0) is 15.4. The lowest BCUT2D eigenvalue weighted by Crippen LogP contribution is -2.17. The Kier molecular flexibility index (Phi) is 10.8. The molecule has 19 heavy (non-hydrogen) atoms. The average Bonchev–Trinajstić information content (AvgIpc) is 2.51. The third-order valence-electron chi connectivity index (χ3n) is 2.20. The van der Waals surface area contributed by atoms with Gasteiger partial charge >= 0.3 is 0 Å². The van der Waals surface area contributed by atoms with Crippen molar-refractivity contribution >= 4 is 30.6 Å². The van der Waals surface area contributed by atoms with Crippen LogP contribution in [0.25, 0.3) is 5.57 Å². The third kappa shape index (κ3) is 4.79. The predicted octanol–water partition coefficient (Wildman–Crippen LogP) is 2.96. The fourth-order valence-corrected chi connectivity index (χ4v) is 1.53. The maximum Gasteiger partial charge on any atom is 0.211 e. The van der Waals surface area contributed by atoms with Crippen LogP contribution in [0.2, 0.25) is 0 Å². The molecular weight excluding hydrogens is 242 g/mol. The molecular formula is C15H19NO3. The highest BCUT2D eigenvalue weighted by atomic mass is 16.1. The van der Waals surface area contributed by atoms with E-state index in [1.54, 1.807) is 12.1 Å². The first-order chi connectivity index (χ1) is 9.20. The fourth-order valence-electron chi connectivity index (χ4n) is 1.53. The smallest absolute Gasteiger partial charge is 0.211 e. The summed E-state index contributed by atoms with van der Waals surface area (Å²) < 4.78 is 0. The molecule has 1 aliphatic rings. The monoisotopic (exact) mass is 261 g/mol. The van der Waals surface area contributed by atoms with Crippen LogP contribution in [-0.2, 0) is 9.59 Å². The summed E-state index contributed by atoms with van der Waals surface area (Å²) in [4.78, 5) is 27.5. The predicted molar refractivity (Wildman–Crippen MR) is 77.7 cm³/mol. The molecule has 1 N–H and O–H groups in total. The van der Waals surface area contributed by atoms with Crippen LogP contribution in [0.5, 0.6) is 0 Å². The van der Waals surface area contributed by atoms with Gasteiger partial charge in [0.15, 0.2) is 0 Å². The van der Waals surface area contributed by atoms with E-state index in [0.29, 0.717) is 5.56 Å². The first kappa shape index (κ1) is 19.0. The highest BCUT2D eigenvalue weighted by Gasteiger charge is 2.19. The van der Waals surface area contributed by atoms with E-state index in [9.17, 15) is 4.79 Å². The molecule has 0 unspecified atom stereocenters. The van der Waals surface area contributed by atoms with E-state index in [0.717, 1.165) is 11.1 Å². The summed E-state index contributed by atoms with van der Waals surface area (Å²) in [5, 5.41) is 7.43. The molecule has 0 amide bonds. The minimum atomic E-state index is -0.179. The molecule has 0 bridgehead atoms. The summed E-state index contributed by atoms with van der Waals surface area (Å²) in [6.07, 6.45) is 1.62. The van der Waals surface area contributed by atoms with Crippen LogP contribution in [0.3, 0.4) is 0 Å². The van der Waals surface area contributed by atoms with Crippen molar-refractivity contribution in [1.82, 2.24) is 0 Å². The molecule has 1 aromatic carbocycles. The summed E-state index contributed by atoms with van der Waals surface area (Å²) in [7, 11) is 0.